The summed E-state index contributed by atoms with van der Waals surface area (Å²) in [5.41, 5.74) is 0. The van der Waals surface area contributed by atoms with E-state index in [1.165, 1.54) is 0 Å². The number of rotatable bonds is 1. The van der Waals surface area contributed by atoms with Gasteiger partial charge >= 0.3 is 0 Å². The number of hydrogen-bond acceptors (Lipinski definition) is 1. The minimum absolute atomic E-state index is 0.135. The Hall–Kier alpha value is -0.240. The maximum Gasteiger partial charge on any atom is 0.220 e. The van der Waals surface area contributed by atoms with Crippen molar-refractivity contribution in [2.24, 2.45) is 0 Å². The Morgan fingerprint density at radius 3 is 2.88 bits per heavy atom. The zero-order valence-electron chi connectivity index (χ0n) is 4.48. The maximum absolute atomic E-state index is 10.4. The highest BCUT2D eigenvalue weighted by Gasteiger charge is 2.18. The Kier molecular flexibility index (Phi) is 1.73. The molecule has 1 saturated heterocycles. The first-order valence-corrected chi connectivity index (χ1v) is 3.21. The summed E-state index contributed by atoms with van der Waals surface area (Å²) in [7, 11) is 0. The number of carbonyl (C=O) groups excluding carboxylic acids is 1. The summed E-state index contributed by atoms with van der Waals surface area (Å²) in [5, 5.41) is 2.73. The minimum Gasteiger partial charge on any atom is -0.352 e. The lowest BCUT2D eigenvalue weighted by atomic mass is 10.3. The molecule has 1 rings (SSSR count). The first-order chi connectivity index (χ1) is 3.83. The Morgan fingerprint density at radius 2 is 2.62 bits per heavy atom. The van der Waals surface area contributed by atoms with Gasteiger partial charge in [-0.1, -0.05) is 0 Å². The molecule has 0 radical (unpaired) electrons. The van der Waals surface area contributed by atoms with E-state index in [2.05, 4.69) is 5.32 Å². The van der Waals surface area contributed by atoms with Gasteiger partial charge < -0.3 is 5.32 Å². The van der Waals surface area contributed by atoms with E-state index in [-0.39, 0.29) is 11.9 Å². The molecule has 0 bridgehead atoms. The average Bonchev–Trinajstić information content (AvgIpc) is 2.14. The van der Waals surface area contributed by atoms with Crippen LogP contribution in [-0.4, -0.2) is 17.8 Å². The Morgan fingerprint density at radius 1 is 1.88 bits per heavy atom. The lowest BCUT2D eigenvalue weighted by Crippen LogP contribution is -2.26. The molecule has 1 fully saturated rings. The molecule has 0 aliphatic carbocycles. The number of halogens is 1. The molecule has 46 valence electrons. The van der Waals surface area contributed by atoms with Crippen molar-refractivity contribution >= 4 is 17.5 Å². The van der Waals surface area contributed by atoms with E-state index in [0.29, 0.717) is 12.3 Å². The zero-order valence-corrected chi connectivity index (χ0v) is 5.24. The van der Waals surface area contributed by atoms with Crippen LogP contribution < -0.4 is 5.32 Å². The summed E-state index contributed by atoms with van der Waals surface area (Å²) in [5.74, 6) is 0.682. The summed E-state index contributed by atoms with van der Waals surface area (Å²) in [4.78, 5) is 10.4. The summed E-state index contributed by atoms with van der Waals surface area (Å²) >= 11 is 5.46. The van der Waals surface area contributed by atoms with Gasteiger partial charge in [0.05, 0.1) is 0 Å². The van der Waals surface area contributed by atoms with E-state index in [1.807, 2.05) is 0 Å². The molecule has 8 heavy (non-hydrogen) atoms. The van der Waals surface area contributed by atoms with E-state index in [9.17, 15) is 4.79 Å². The molecule has 0 aromatic rings. The molecule has 1 N–H and O–H groups in total. The molecular formula is C5H8ClNO. The fourth-order valence-electron chi connectivity index (χ4n) is 0.793. The van der Waals surface area contributed by atoms with Crippen LogP contribution in [-0.2, 0) is 4.79 Å². The lowest BCUT2D eigenvalue weighted by Gasteiger charge is -2.00. The van der Waals surface area contributed by atoms with E-state index >= 15 is 0 Å². The van der Waals surface area contributed by atoms with Crippen molar-refractivity contribution in [2.45, 2.75) is 18.9 Å². The van der Waals surface area contributed by atoms with Crippen LogP contribution in [0.4, 0.5) is 0 Å². The second-order valence-electron chi connectivity index (χ2n) is 1.96. The highest BCUT2D eigenvalue weighted by atomic mass is 35.5. The number of hydrogen-bond donors (Lipinski definition) is 1. The van der Waals surface area contributed by atoms with Gasteiger partial charge in [-0.2, -0.15) is 0 Å². The van der Waals surface area contributed by atoms with E-state index < -0.39 is 0 Å². The average molecular weight is 134 g/mol. The van der Waals surface area contributed by atoms with E-state index in [1.54, 1.807) is 0 Å². The van der Waals surface area contributed by atoms with Crippen molar-refractivity contribution in [1.82, 2.24) is 5.32 Å². The predicted octanol–water partition coefficient (Wildman–Crippen LogP) is 0.504. The van der Waals surface area contributed by atoms with Crippen LogP contribution >= 0.6 is 11.6 Å². The summed E-state index contributed by atoms with van der Waals surface area (Å²) < 4.78 is 0. The fourth-order valence-corrected chi connectivity index (χ4v) is 1.02. The van der Waals surface area contributed by atoms with E-state index in [4.69, 9.17) is 11.6 Å². The maximum atomic E-state index is 10.4. The molecule has 1 heterocycles. The van der Waals surface area contributed by atoms with Crippen LogP contribution in [0.1, 0.15) is 12.8 Å². The quantitative estimate of drug-likeness (QED) is 0.519. The molecule has 0 spiro atoms. The van der Waals surface area contributed by atoms with Crippen LogP contribution in [0, 0.1) is 0 Å². The van der Waals surface area contributed by atoms with Crippen molar-refractivity contribution < 1.29 is 4.79 Å². The third-order valence-corrected chi connectivity index (χ3v) is 1.64. The Bertz CT molecular complexity index is 105. The van der Waals surface area contributed by atoms with Gasteiger partial charge in [0.25, 0.3) is 0 Å². The molecule has 3 heteroatoms. The highest BCUT2D eigenvalue weighted by Crippen LogP contribution is 2.06. The highest BCUT2D eigenvalue weighted by molar-refractivity contribution is 6.18. The topological polar surface area (TPSA) is 29.1 Å². The molecule has 1 amide bonds. The van der Waals surface area contributed by atoms with Crippen molar-refractivity contribution in [3.8, 4) is 0 Å². The van der Waals surface area contributed by atoms with Gasteiger partial charge in [0.2, 0.25) is 5.91 Å². The normalized spacial score (nSPS) is 28.1. The molecule has 2 nitrogen and oxygen atoms in total. The zero-order chi connectivity index (χ0) is 5.98. The van der Waals surface area contributed by atoms with Crippen LogP contribution in [0.2, 0.25) is 0 Å². The van der Waals surface area contributed by atoms with Crippen molar-refractivity contribution in [2.75, 3.05) is 5.88 Å². The van der Waals surface area contributed by atoms with Crippen LogP contribution in [0.25, 0.3) is 0 Å². The summed E-state index contributed by atoms with van der Waals surface area (Å²) in [6, 6.07) is 0.240. The number of carbonyl (C=O) groups is 1. The second kappa shape index (κ2) is 2.35. The molecule has 1 aliphatic heterocycles. The monoisotopic (exact) mass is 133 g/mol. The predicted molar refractivity (Wildman–Crippen MR) is 31.9 cm³/mol. The third-order valence-electron chi connectivity index (χ3n) is 1.27. The van der Waals surface area contributed by atoms with Gasteiger partial charge in [0, 0.05) is 18.3 Å². The standard InChI is InChI=1S/C5H8ClNO/c6-3-4-1-2-5(8)7-4/h4H,1-3H2,(H,7,8)/t4-/m0/s1. The lowest BCUT2D eigenvalue weighted by molar-refractivity contribution is -0.119. The fraction of sp³-hybridized carbons (Fsp3) is 0.800. The van der Waals surface area contributed by atoms with Crippen molar-refractivity contribution in [1.29, 1.82) is 0 Å². The van der Waals surface area contributed by atoms with Gasteiger partial charge in [-0.3, -0.25) is 4.79 Å². The van der Waals surface area contributed by atoms with Gasteiger partial charge in [0.15, 0.2) is 0 Å². The van der Waals surface area contributed by atoms with Crippen molar-refractivity contribution in [3.05, 3.63) is 0 Å². The second-order valence-corrected chi connectivity index (χ2v) is 2.27. The van der Waals surface area contributed by atoms with Crippen molar-refractivity contribution in [3.63, 3.8) is 0 Å². The summed E-state index contributed by atoms with van der Waals surface area (Å²) in [6.45, 7) is 0. The molecule has 1 atom stereocenters. The number of nitrogens with one attached hydrogen (secondary N) is 1. The van der Waals surface area contributed by atoms with Crippen LogP contribution in [0.15, 0.2) is 0 Å². The van der Waals surface area contributed by atoms with E-state index in [0.717, 1.165) is 6.42 Å². The van der Waals surface area contributed by atoms with Gasteiger partial charge in [-0.25, -0.2) is 0 Å². The molecule has 0 aromatic heterocycles. The molecule has 0 aromatic carbocycles. The third kappa shape index (κ3) is 1.13. The van der Waals surface area contributed by atoms with Gasteiger partial charge in [-0.15, -0.1) is 11.6 Å². The smallest absolute Gasteiger partial charge is 0.220 e. The molecule has 0 saturated carbocycles. The molecular weight excluding hydrogens is 126 g/mol. The van der Waals surface area contributed by atoms with Gasteiger partial charge in [-0.05, 0) is 6.42 Å². The SMILES string of the molecule is O=C1CC[C@@H](CCl)N1. The Balaban J connectivity index is 2.32. The molecule has 0 unspecified atom stereocenters. The first-order valence-electron chi connectivity index (χ1n) is 2.68. The van der Waals surface area contributed by atoms with Gasteiger partial charge in [0.1, 0.15) is 0 Å². The largest absolute Gasteiger partial charge is 0.352 e. The van der Waals surface area contributed by atoms with Crippen LogP contribution in [0.5, 0.6) is 0 Å². The first kappa shape index (κ1) is 5.89. The summed E-state index contributed by atoms with van der Waals surface area (Å²) in [6.07, 6.45) is 1.56. The number of alkyl halides is 1. The molecule has 1 aliphatic rings. The van der Waals surface area contributed by atoms with Crippen LogP contribution in [0.3, 0.4) is 0 Å². The number of amides is 1. The Labute approximate surface area is 53.2 Å². The minimum atomic E-state index is 0.135.